The third-order valence-electron chi connectivity index (χ3n) is 4.52. The van der Waals surface area contributed by atoms with Gasteiger partial charge in [0.25, 0.3) is 0 Å². The van der Waals surface area contributed by atoms with Crippen LogP contribution in [0.2, 0.25) is 0 Å². The van der Waals surface area contributed by atoms with E-state index in [4.69, 9.17) is 0 Å². The molecule has 0 spiro atoms. The van der Waals surface area contributed by atoms with E-state index in [0.717, 1.165) is 31.9 Å². The number of nitrogens with zero attached hydrogens (tertiary/aromatic N) is 4. The normalized spacial score (nSPS) is 17.2. The van der Waals surface area contributed by atoms with Gasteiger partial charge in [0.05, 0.1) is 12.2 Å². The van der Waals surface area contributed by atoms with Crippen LogP contribution >= 0.6 is 11.3 Å². The summed E-state index contributed by atoms with van der Waals surface area (Å²) in [5.74, 6) is 0. The van der Waals surface area contributed by atoms with Crippen LogP contribution in [0.3, 0.4) is 0 Å². The zero-order valence-corrected chi connectivity index (χ0v) is 14.4. The van der Waals surface area contributed by atoms with Gasteiger partial charge in [-0.1, -0.05) is 0 Å². The minimum atomic E-state index is 0.00837. The van der Waals surface area contributed by atoms with Crippen LogP contribution < -0.4 is 5.32 Å². The molecule has 124 valence electrons. The lowest BCUT2D eigenvalue weighted by Gasteiger charge is -2.37. The number of hydrogen-bond acceptors (Lipinski definition) is 4. The molecule has 0 bridgehead atoms. The van der Waals surface area contributed by atoms with Crippen LogP contribution in [-0.4, -0.2) is 51.8 Å². The summed E-state index contributed by atoms with van der Waals surface area (Å²) in [6, 6.07) is 4.53. The number of carbonyl (C=O) groups excluding carboxylic acids is 1. The van der Waals surface area contributed by atoms with E-state index < -0.39 is 0 Å². The van der Waals surface area contributed by atoms with Crippen molar-refractivity contribution in [2.45, 2.75) is 19.5 Å². The first kappa shape index (κ1) is 16.0. The maximum absolute atomic E-state index is 12.3. The Labute approximate surface area is 140 Å². The lowest BCUT2D eigenvalue weighted by molar-refractivity contribution is 0.114. The fourth-order valence-electron chi connectivity index (χ4n) is 2.89. The molecule has 23 heavy (non-hydrogen) atoms. The van der Waals surface area contributed by atoms with Crippen LogP contribution in [0.5, 0.6) is 0 Å². The van der Waals surface area contributed by atoms with Gasteiger partial charge in [0, 0.05) is 45.5 Å². The van der Waals surface area contributed by atoms with Crippen LogP contribution in [0.15, 0.2) is 29.1 Å². The van der Waals surface area contributed by atoms with Crippen molar-refractivity contribution in [2.24, 2.45) is 7.05 Å². The van der Waals surface area contributed by atoms with Crippen molar-refractivity contribution < 1.29 is 4.79 Å². The van der Waals surface area contributed by atoms with E-state index in [1.165, 1.54) is 5.56 Å². The molecule has 6 nitrogen and oxygen atoms in total. The molecular weight excluding hydrogens is 310 g/mol. The number of aromatic nitrogens is 2. The van der Waals surface area contributed by atoms with Crippen molar-refractivity contribution in [3.05, 3.63) is 40.3 Å². The lowest BCUT2D eigenvalue weighted by Crippen LogP contribution is -2.52. The van der Waals surface area contributed by atoms with Crippen molar-refractivity contribution in [1.29, 1.82) is 0 Å². The molecule has 1 fully saturated rings. The van der Waals surface area contributed by atoms with E-state index in [9.17, 15) is 4.79 Å². The van der Waals surface area contributed by atoms with E-state index in [-0.39, 0.29) is 6.03 Å². The molecule has 0 aliphatic carbocycles. The van der Waals surface area contributed by atoms with Crippen LogP contribution in [0, 0.1) is 0 Å². The first-order valence-corrected chi connectivity index (χ1v) is 8.85. The largest absolute Gasteiger partial charge is 0.332 e. The van der Waals surface area contributed by atoms with Crippen molar-refractivity contribution in [3.8, 4) is 0 Å². The van der Waals surface area contributed by atoms with Crippen molar-refractivity contribution in [1.82, 2.24) is 24.9 Å². The summed E-state index contributed by atoms with van der Waals surface area (Å²) in [4.78, 5) is 16.6. The second-order valence-corrected chi connectivity index (χ2v) is 6.64. The number of hydrogen-bond donors (Lipinski definition) is 1. The highest BCUT2D eigenvalue weighted by Crippen LogP contribution is 2.23. The summed E-state index contributed by atoms with van der Waals surface area (Å²) in [5.41, 5.74) is 2.37. The van der Waals surface area contributed by atoms with Gasteiger partial charge < -0.3 is 10.2 Å². The predicted molar refractivity (Wildman–Crippen MR) is 91.3 cm³/mol. The molecule has 2 amide bonds. The highest BCUT2D eigenvalue weighted by atomic mass is 32.1. The number of carbonyl (C=O) groups is 1. The Morgan fingerprint density at radius 3 is 2.74 bits per heavy atom. The standard InChI is InChI=1S/C16H23N5OS/c1-13(14-4-10-23-12-14)20-6-8-21(9-7-20)16(22)17-11-15-3-5-18-19(15)2/h3-5,10,12-13H,6-9,11H2,1-2H3,(H,17,22). The van der Waals surface area contributed by atoms with Crippen molar-refractivity contribution in [2.75, 3.05) is 26.2 Å². The fourth-order valence-corrected chi connectivity index (χ4v) is 3.64. The SMILES string of the molecule is CC(c1ccsc1)N1CCN(C(=O)NCc2ccnn2C)CC1. The molecule has 1 atom stereocenters. The molecule has 0 radical (unpaired) electrons. The zero-order valence-electron chi connectivity index (χ0n) is 13.6. The number of aryl methyl sites for hydroxylation is 1. The predicted octanol–water partition coefficient (Wildman–Crippen LogP) is 2.07. The molecule has 1 saturated heterocycles. The second-order valence-electron chi connectivity index (χ2n) is 5.86. The molecule has 3 rings (SSSR count). The number of piperazine rings is 1. The van der Waals surface area contributed by atoms with E-state index in [1.807, 2.05) is 18.0 Å². The Kier molecular flexibility index (Phi) is 4.97. The molecule has 1 N–H and O–H groups in total. The van der Waals surface area contributed by atoms with E-state index in [1.54, 1.807) is 22.2 Å². The molecular formula is C16H23N5OS. The summed E-state index contributed by atoms with van der Waals surface area (Å²) >= 11 is 1.74. The third-order valence-corrected chi connectivity index (χ3v) is 5.22. The minimum Gasteiger partial charge on any atom is -0.332 e. The molecule has 1 unspecified atom stereocenters. The first-order chi connectivity index (χ1) is 11.1. The molecule has 1 aliphatic heterocycles. The van der Waals surface area contributed by atoms with Gasteiger partial charge in [0.1, 0.15) is 0 Å². The number of amides is 2. The quantitative estimate of drug-likeness (QED) is 0.932. The molecule has 7 heteroatoms. The Morgan fingerprint density at radius 2 is 2.13 bits per heavy atom. The van der Waals surface area contributed by atoms with Crippen molar-refractivity contribution >= 4 is 17.4 Å². The average Bonchev–Trinajstić information content (AvgIpc) is 3.24. The van der Waals surface area contributed by atoms with Gasteiger partial charge in [-0.2, -0.15) is 16.4 Å². The topological polar surface area (TPSA) is 53.4 Å². The first-order valence-electron chi connectivity index (χ1n) is 7.91. The summed E-state index contributed by atoms with van der Waals surface area (Å²) in [6.07, 6.45) is 1.74. The van der Waals surface area contributed by atoms with Gasteiger partial charge in [0.15, 0.2) is 0 Å². The number of rotatable bonds is 4. The number of urea groups is 1. The van der Waals surface area contributed by atoms with E-state index in [2.05, 4.69) is 39.1 Å². The number of nitrogens with one attached hydrogen (secondary N) is 1. The molecule has 1 aliphatic rings. The highest BCUT2D eigenvalue weighted by molar-refractivity contribution is 7.07. The van der Waals surface area contributed by atoms with Gasteiger partial charge >= 0.3 is 6.03 Å². The Bertz CT molecular complexity index is 631. The van der Waals surface area contributed by atoms with Crippen LogP contribution in [0.25, 0.3) is 0 Å². The average molecular weight is 333 g/mol. The Morgan fingerprint density at radius 1 is 1.35 bits per heavy atom. The third kappa shape index (κ3) is 3.73. The van der Waals surface area contributed by atoms with Crippen molar-refractivity contribution in [3.63, 3.8) is 0 Å². The van der Waals surface area contributed by atoms with Gasteiger partial charge in [-0.25, -0.2) is 4.79 Å². The fraction of sp³-hybridized carbons (Fsp3) is 0.500. The summed E-state index contributed by atoms with van der Waals surface area (Å²) in [7, 11) is 1.88. The smallest absolute Gasteiger partial charge is 0.317 e. The van der Waals surface area contributed by atoms with Gasteiger partial charge in [-0.05, 0) is 35.4 Å². The highest BCUT2D eigenvalue weighted by Gasteiger charge is 2.24. The maximum Gasteiger partial charge on any atom is 0.317 e. The van der Waals surface area contributed by atoms with E-state index in [0.29, 0.717) is 12.6 Å². The lowest BCUT2D eigenvalue weighted by atomic mass is 10.1. The van der Waals surface area contributed by atoms with Crippen LogP contribution in [0.4, 0.5) is 4.79 Å². The van der Waals surface area contributed by atoms with Gasteiger partial charge in [-0.15, -0.1) is 0 Å². The summed E-state index contributed by atoms with van der Waals surface area (Å²) in [6.45, 7) is 6.12. The maximum atomic E-state index is 12.3. The molecule has 2 aromatic rings. The zero-order chi connectivity index (χ0) is 16.2. The minimum absolute atomic E-state index is 0.00837. The van der Waals surface area contributed by atoms with Gasteiger partial charge in [0.2, 0.25) is 0 Å². The monoisotopic (exact) mass is 333 g/mol. The molecule has 0 aromatic carbocycles. The Balaban J connectivity index is 1.47. The Hall–Kier alpha value is -1.86. The van der Waals surface area contributed by atoms with E-state index >= 15 is 0 Å². The molecule has 3 heterocycles. The van der Waals surface area contributed by atoms with Crippen LogP contribution in [0.1, 0.15) is 24.2 Å². The summed E-state index contributed by atoms with van der Waals surface area (Å²) < 4.78 is 1.78. The summed E-state index contributed by atoms with van der Waals surface area (Å²) in [5, 5.41) is 11.4. The van der Waals surface area contributed by atoms with Crippen LogP contribution in [-0.2, 0) is 13.6 Å². The number of thiophene rings is 1. The van der Waals surface area contributed by atoms with Gasteiger partial charge in [-0.3, -0.25) is 9.58 Å². The molecule has 0 saturated carbocycles. The second kappa shape index (κ2) is 7.14. The molecule has 2 aromatic heterocycles.